The Hall–Kier alpha value is -2.74. The Morgan fingerprint density at radius 3 is 2.35 bits per heavy atom. The summed E-state index contributed by atoms with van der Waals surface area (Å²) in [6.45, 7) is 15.2. The summed E-state index contributed by atoms with van der Waals surface area (Å²) in [5, 5.41) is 23.2. The quantitative estimate of drug-likeness (QED) is 0.207. The van der Waals surface area contributed by atoms with Gasteiger partial charge < -0.3 is 39.8 Å². The van der Waals surface area contributed by atoms with E-state index < -0.39 is 72.0 Å². The Balaban J connectivity index is 2.13. The number of Topliss-reactive ketones (excluding diaryl/α,β-unsaturated/α-hetero) is 2. The fourth-order valence-electron chi connectivity index (χ4n) is 7.86. The third-order valence-electron chi connectivity index (χ3n) is 10.6. The largest absolute Gasteiger partial charge is 0.455 e. The molecule has 12 heteroatoms. The van der Waals surface area contributed by atoms with Gasteiger partial charge in [-0.25, -0.2) is 4.79 Å². The number of nitrogens with two attached hydrogens (primary N) is 1. The first-order valence-electron chi connectivity index (χ1n) is 18.5. The minimum atomic E-state index is -2.50. The fraction of sp³-hybridized carbons (Fsp3) is 0.744. The van der Waals surface area contributed by atoms with Gasteiger partial charge in [0.25, 0.3) is 11.7 Å². The Morgan fingerprint density at radius 2 is 1.75 bits per heavy atom. The number of cyclic esters (lactones) is 1. The predicted octanol–water partition coefficient (Wildman–Crippen LogP) is 3.81. The SMILES string of the molecule is C=CC/C1=C\C(C)CC(C)CC(OC)C2OC(O)(C(=O)C(=O)N3CCCCC3C(=O)OC(C(C)=CC(C)C)C(N)C(O)CC1=O)C(C)CC2OC. The van der Waals surface area contributed by atoms with Crippen molar-refractivity contribution in [3.8, 4) is 0 Å². The van der Waals surface area contributed by atoms with Crippen LogP contribution in [0.15, 0.2) is 36.0 Å². The number of allylic oxidation sites excluding steroid dienone is 4. The van der Waals surface area contributed by atoms with Crippen molar-refractivity contribution in [1.29, 1.82) is 0 Å². The van der Waals surface area contributed by atoms with Crippen LogP contribution in [0.3, 0.4) is 0 Å². The molecule has 2 bridgehead atoms. The van der Waals surface area contributed by atoms with E-state index in [-0.39, 0.29) is 49.3 Å². The molecule has 2 fully saturated rings. The average Bonchev–Trinajstić information content (AvgIpc) is 3.08. The molecule has 3 aliphatic rings. The summed E-state index contributed by atoms with van der Waals surface area (Å²) in [4.78, 5) is 56.8. The molecule has 4 N–H and O–H groups in total. The van der Waals surface area contributed by atoms with Crippen molar-refractivity contribution in [2.24, 2.45) is 29.4 Å². The normalized spacial score (nSPS) is 38.3. The molecule has 0 aromatic rings. The first-order chi connectivity index (χ1) is 24.0. The number of carbonyl (C=O) groups excluding carboxylic acids is 4. The summed E-state index contributed by atoms with van der Waals surface area (Å²) >= 11 is 0. The number of aliphatic hydroxyl groups excluding tert-OH is 1. The van der Waals surface area contributed by atoms with E-state index in [0.717, 1.165) is 4.90 Å². The second-order valence-electron chi connectivity index (χ2n) is 15.3. The number of fused-ring (bicyclic) bond motifs is 3. The van der Waals surface area contributed by atoms with Crippen LogP contribution in [0.1, 0.15) is 92.9 Å². The zero-order chi connectivity index (χ0) is 38.2. The average molecular weight is 719 g/mol. The molecular weight excluding hydrogens is 656 g/mol. The van der Waals surface area contributed by atoms with E-state index in [0.29, 0.717) is 43.3 Å². The Bertz CT molecular complexity index is 1310. The molecule has 0 saturated carbocycles. The molecule has 0 spiro atoms. The molecule has 288 valence electrons. The van der Waals surface area contributed by atoms with Crippen LogP contribution >= 0.6 is 0 Å². The van der Waals surface area contributed by atoms with Gasteiger partial charge in [0.2, 0.25) is 5.79 Å². The van der Waals surface area contributed by atoms with Crippen molar-refractivity contribution >= 4 is 23.4 Å². The van der Waals surface area contributed by atoms with Gasteiger partial charge in [-0.3, -0.25) is 14.4 Å². The van der Waals surface area contributed by atoms with Gasteiger partial charge in [-0.15, -0.1) is 6.58 Å². The lowest BCUT2D eigenvalue weighted by Gasteiger charge is -2.47. The highest BCUT2D eigenvalue weighted by atomic mass is 16.7. The second kappa shape index (κ2) is 18.8. The van der Waals surface area contributed by atoms with Gasteiger partial charge in [-0.05, 0) is 80.8 Å². The molecule has 0 aromatic carbocycles. The second-order valence-corrected chi connectivity index (χ2v) is 15.3. The van der Waals surface area contributed by atoms with Gasteiger partial charge in [0, 0.05) is 33.1 Å². The van der Waals surface area contributed by atoms with E-state index in [1.807, 2.05) is 39.8 Å². The van der Waals surface area contributed by atoms with Gasteiger partial charge in [-0.2, -0.15) is 0 Å². The van der Waals surface area contributed by atoms with Crippen molar-refractivity contribution in [3.05, 3.63) is 36.0 Å². The summed E-state index contributed by atoms with van der Waals surface area (Å²) in [6, 6.07) is -2.32. The van der Waals surface area contributed by atoms with Crippen LogP contribution in [0, 0.1) is 23.7 Å². The Kier molecular flexibility index (Phi) is 15.8. The van der Waals surface area contributed by atoms with Crippen LogP contribution in [-0.4, -0.2) is 108 Å². The van der Waals surface area contributed by atoms with Gasteiger partial charge >= 0.3 is 5.97 Å². The number of hydrogen-bond acceptors (Lipinski definition) is 11. The number of nitrogens with zero attached hydrogens (tertiary/aromatic N) is 1. The van der Waals surface area contributed by atoms with Crippen LogP contribution in [0.4, 0.5) is 0 Å². The van der Waals surface area contributed by atoms with Crippen molar-refractivity contribution in [2.75, 3.05) is 20.8 Å². The predicted molar refractivity (Wildman–Crippen MR) is 192 cm³/mol. The first-order valence-corrected chi connectivity index (χ1v) is 18.5. The fourth-order valence-corrected chi connectivity index (χ4v) is 7.86. The zero-order valence-corrected chi connectivity index (χ0v) is 31.8. The molecular formula is C39H62N2O10. The van der Waals surface area contributed by atoms with Crippen molar-refractivity contribution < 1.29 is 48.3 Å². The molecule has 2 saturated heterocycles. The Labute approximate surface area is 303 Å². The molecule has 0 aliphatic carbocycles. The molecule has 0 aromatic heterocycles. The monoisotopic (exact) mass is 718 g/mol. The third kappa shape index (κ3) is 10.4. The highest BCUT2D eigenvalue weighted by Gasteiger charge is 2.56. The van der Waals surface area contributed by atoms with Crippen LogP contribution in [0.5, 0.6) is 0 Å². The zero-order valence-electron chi connectivity index (χ0n) is 31.8. The maximum atomic E-state index is 14.1. The number of carbonyl (C=O) groups is 4. The molecule has 3 rings (SSSR count). The standard InChI is InChI=1S/C39H62N2O10/c1-10-13-27-18-23(4)17-24(5)19-31(48-8)35-32(49-9)20-26(7)39(47,51-35)36(44)37(45)41-15-12-11-14-28(41)38(46)50-34(25(6)16-22(2)3)33(40)30(43)21-29(27)42/h10,16,18,22-24,26,28,30-35,43,47H,1,11-15,17,19-21,40H2,2-9H3/b25-16?,27-18+. The molecule has 11 atom stereocenters. The van der Waals surface area contributed by atoms with E-state index >= 15 is 0 Å². The molecule has 12 nitrogen and oxygen atoms in total. The molecule has 11 unspecified atom stereocenters. The number of ketones is 2. The minimum absolute atomic E-state index is 0.0361. The van der Waals surface area contributed by atoms with E-state index in [1.54, 1.807) is 19.9 Å². The minimum Gasteiger partial charge on any atom is -0.455 e. The van der Waals surface area contributed by atoms with Crippen LogP contribution in [0.25, 0.3) is 0 Å². The van der Waals surface area contributed by atoms with E-state index in [2.05, 4.69) is 6.58 Å². The van der Waals surface area contributed by atoms with Gasteiger partial charge in [0.05, 0.1) is 24.4 Å². The third-order valence-corrected chi connectivity index (χ3v) is 10.6. The Morgan fingerprint density at radius 1 is 1.10 bits per heavy atom. The topological polar surface area (TPSA) is 175 Å². The number of methoxy groups -OCH3 is 2. The number of ether oxygens (including phenoxy) is 4. The highest BCUT2D eigenvalue weighted by molar-refractivity contribution is 6.39. The molecule has 1 amide bonds. The van der Waals surface area contributed by atoms with Crippen molar-refractivity contribution in [1.82, 2.24) is 4.90 Å². The van der Waals surface area contributed by atoms with Gasteiger partial charge in [0.1, 0.15) is 18.2 Å². The first kappa shape index (κ1) is 42.7. The van der Waals surface area contributed by atoms with Gasteiger partial charge in [0.15, 0.2) is 5.78 Å². The maximum absolute atomic E-state index is 14.1. The maximum Gasteiger partial charge on any atom is 0.329 e. The van der Waals surface area contributed by atoms with Crippen LogP contribution < -0.4 is 5.73 Å². The number of piperidine rings is 1. The number of hydrogen-bond donors (Lipinski definition) is 3. The molecule has 3 heterocycles. The lowest BCUT2D eigenvalue weighted by molar-refractivity contribution is -0.302. The summed E-state index contributed by atoms with van der Waals surface area (Å²) in [7, 11) is 3.05. The number of aliphatic hydroxyl groups is 2. The molecule has 51 heavy (non-hydrogen) atoms. The van der Waals surface area contributed by atoms with Crippen LogP contribution in [0.2, 0.25) is 0 Å². The van der Waals surface area contributed by atoms with E-state index in [9.17, 15) is 29.4 Å². The number of amides is 1. The smallest absolute Gasteiger partial charge is 0.329 e. The highest BCUT2D eigenvalue weighted by Crippen LogP contribution is 2.39. The van der Waals surface area contributed by atoms with E-state index in [4.69, 9.17) is 24.7 Å². The summed E-state index contributed by atoms with van der Waals surface area (Å²) in [5.74, 6) is -6.59. The summed E-state index contributed by atoms with van der Waals surface area (Å²) in [6.07, 6.45) is 3.55. The van der Waals surface area contributed by atoms with Crippen LogP contribution in [-0.2, 0) is 38.1 Å². The number of esters is 1. The molecule has 0 radical (unpaired) electrons. The molecule has 3 aliphatic heterocycles. The number of rotatable bonds is 6. The summed E-state index contributed by atoms with van der Waals surface area (Å²) in [5.41, 5.74) is 7.66. The lowest BCUT2D eigenvalue weighted by Crippen LogP contribution is -2.64. The van der Waals surface area contributed by atoms with Gasteiger partial charge in [-0.1, -0.05) is 52.8 Å². The summed E-state index contributed by atoms with van der Waals surface area (Å²) < 4.78 is 23.9. The lowest BCUT2D eigenvalue weighted by atomic mass is 9.81. The van der Waals surface area contributed by atoms with Crippen molar-refractivity contribution in [2.45, 2.75) is 141 Å². The van der Waals surface area contributed by atoms with E-state index in [1.165, 1.54) is 14.2 Å². The van der Waals surface area contributed by atoms with Crippen molar-refractivity contribution in [3.63, 3.8) is 0 Å².